The molecule has 0 bridgehead atoms. The smallest absolute Gasteiger partial charge is 0.529 e. The van der Waals surface area contributed by atoms with Gasteiger partial charge >= 0.3 is 10.8 Å². The molecular weight excluding hydrogens is 267 g/mol. The van der Waals surface area contributed by atoms with Crippen LogP contribution in [-0.4, -0.2) is 19.1 Å². The van der Waals surface area contributed by atoms with Gasteiger partial charge in [0.25, 0.3) is 0 Å². The molecule has 0 rings (SSSR count). The normalized spacial score (nSPS) is 11.6. The van der Waals surface area contributed by atoms with Crippen molar-refractivity contribution in [1.82, 2.24) is 0 Å². The van der Waals surface area contributed by atoms with Crippen LogP contribution < -0.4 is 0 Å². The van der Waals surface area contributed by atoms with Crippen LogP contribution in [0.5, 0.6) is 0 Å². The van der Waals surface area contributed by atoms with E-state index in [0.29, 0.717) is 0 Å². The first-order valence-corrected chi connectivity index (χ1v) is 12.6. The third kappa shape index (κ3) is 7.67. The standard InChI is InChI=1S/C3H9OSi.Al.2BrH/c1-5(2,3)4;;;/h1-3H3;;2*1H/q-1;+3;;/p-2. The third-order valence-electron chi connectivity index (χ3n) is 0.443. The molecule has 0 aliphatic carbocycles. The van der Waals surface area contributed by atoms with Gasteiger partial charge in [0.1, 0.15) is 0 Å². The van der Waals surface area contributed by atoms with Crippen molar-refractivity contribution in [2.24, 2.45) is 0 Å². The van der Waals surface area contributed by atoms with Crippen molar-refractivity contribution in [2.75, 3.05) is 0 Å². The van der Waals surface area contributed by atoms with Crippen molar-refractivity contribution in [3.63, 3.8) is 0 Å². The SMILES string of the molecule is C[Si](C)(C)[O][Al]([Br])[Br]. The molecule has 48 valence electrons. The maximum atomic E-state index is 5.55. The zero-order valence-electron chi connectivity index (χ0n) is 5.24. The fourth-order valence-corrected chi connectivity index (χ4v) is 12.5. The Morgan fingerprint density at radius 1 is 1.25 bits per heavy atom. The highest BCUT2D eigenvalue weighted by atomic mass is 79.9. The van der Waals surface area contributed by atoms with Crippen molar-refractivity contribution in [3.05, 3.63) is 0 Å². The van der Waals surface area contributed by atoms with Crippen molar-refractivity contribution < 1.29 is 3.48 Å². The van der Waals surface area contributed by atoms with E-state index in [4.69, 9.17) is 3.48 Å². The minimum absolute atomic E-state index is 1.11. The first-order valence-electron chi connectivity index (χ1n) is 2.38. The van der Waals surface area contributed by atoms with Gasteiger partial charge in [-0.05, 0) is 19.6 Å². The second-order valence-electron chi connectivity index (χ2n) is 2.49. The molecule has 0 atom stereocenters. The van der Waals surface area contributed by atoms with Crippen LogP contribution in [0, 0.1) is 0 Å². The monoisotopic (exact) mass is 274 g/mol. The van der Waals surface area contributed by atoms with Crippen LogP contribution >= 0.6 is 28.1 Å². The summed E-state index contributed by atoms with van der Waals surface area (Å²) in [5, 5.41) is 0. The predicted molar refractivity (Wildman–Crippen MR) is 48.0 cm³/mol. The van der Waals surface area contributed by atoms with Gasteiger partial charge < -0.3 is 3.48 Å². The van der Waals surface area contributed by atoms with Gasteiger partial charge in [0.15, 0.2) is 8.32 Å². The van der Waals surface area contributed by atoms with Gasteiger partial charge in [0.05, 0.1) is 0 Å². The van der Waals surface area contributed by atoms with E-state index in [0.717, 1.165) is 0 Å². The van der Waals surface area contributed by atoms with E-state index in [2.05, 4.69) is 47.7 Å². The topological polar surface area (TPSA) is 9.23 Å². The molecule has 0 aliphatic rings. The van der Waals surface area contributed by atoms with Gasteiger partial charge in [0.2, 0.25) is 0 Å². The molecule has 0 radical (unpaired) electrons. The molecule has 0 saturated heterocycles. The summed E-state index contributed by atoms with van der Waals surface area (Å²) in [5.74, 6) is 0. The summed E-state index contributed by atoms with van der Waals surface area (Å²) < 4.78 is 5.55. The van der Waals surface area contributed by atoms with E-state index in [1.807, 2.05) is 0 Å². The summed E-state index contributed by atoms with van der Waals surface area (Å²) in [6, 6.07) is 0. The van der Waals surface area contributed by atoms with Gasteiger partial charge in [-0.15, -0.1) is 0 Å². The summed E-state index contributed by atoms with van der Waals surface area (Å²) in [6.07, 6.45) is 0. The maximum absolute atomic E-state index is 5.55. The average molecular weight is 276 g/mol. The van der Waals surface area contributed by atoms with E-state index in [1.165, 1.54) is 0 Å². The van der Waals surface area contributed by atoms with Crippen molar-refractivity contribution >= 4 is 47.2 Å². The van der Waals surface area contributed by atoms with E-state index >= 15 is 0 Å². The van der Waals surface area contributed by atoms with Crippen LogP contribution in [0.1, 0.15) is 0 Å². The Balaban J connectivity index is 3.39. The van der Waals surface area contributed by atoms with Gasteiger partial charge in [-0.1, -0.05) is 0 Å². The van der Waals surface area contributed by atoms with E-state index in [9.17, 15) is 0 Å². The maximum Gasteiger partial charge on any atom is 0.642 e. The highest BCUT2D eigenvalue weighted by Gasteiger charge is 2.22. The number of halogens is 2. The molecule has 0 fully saturated rings. The van der Waals surface area contributed by atoms with E-state index in [1.54, 1.807) is 0 Å². The molecule has 0 aromatic rings. The van der Waals surface area contributed by atoms with Crippen LogP contribution in [0.25, 0.3) is 0 Å². The Kier molecular flexibility index (Phi) is 4.53. The summed E-state index contributed by atoms with van der Waals surface area (Å²) in [7, 11) is -2.36. The molecule has 0 aliphatic heterocycles. The minimum Gasteiger partial charge on any atom is -0.529 e. The molecule has 0 amide bonds. The third-order valence-corrected chi connectivity index (χ3v) is 7.35. The lowest BCUT2D eigenvalue weighted by Gasteiger charge is -2.17. The van der Waals surface area contributed by atoms with Crippen LogP contribution in [0.15, 0.2) is 0 Å². The second-order valence-corrected chi connectivity index (χ2v) is 16.9. The number of rotatable bonds is 2. The molecule has 0 aromatic carbocycles. The van der Waals surface area contributed by atoms with E-state index < -0.39 is 19.1 Å². The Bertz CT molecular complexity index is 72.2. The predicted octanol–water partition coefficient (Wildman–Crippen LogP) is 2.61. The lowest BCUT2D eigenvalue weighted by atomic mass is 11.8. The highest BCUT2D eigenvalue weighted by molar-refractivity contribution is 9.48. The molecule has 8 heavy (non-hydrogen) atoms. The quantitative estimate of drug-likeness (QED) is 0.704. The average Bonchev–Trinajstić information content (AvgIpc) is 1.21. The first-order chi connectivity index (χ1) is 3.42. The summed E-state index contributed by atoms with van der Waals surface area (Å²) in [5.41, 5.74) is 0. The zero-order valence-corrected chi connectivity index (χ0v) is 10.6. The summed E-state index contributed by atoms with van der Waals surface area (Å²) in [6.45, 7) is 6.53. The van der Waals surface area contributed by atoms with Gasteiger partial charge in [-0.2, -0.15) is 28.1 Å². The van der Waals surface area contributed by atoms with Gasteiger partial charge in [-0.3, -0.25) is 0 Å². The van der Waals surface area contributed by atoms with Gasteiger partial charge in [-0.25, -0.2) is 0 Å². The molecule has 0 unspecified atom stereocenters. The fraction of sp³-hybridized carbons (Fsp3) is 1.00. The van der Waals surface area contributed by atoms with Crippen LogP contribution in [0.4, 0.5) is 0 Å². The molecule has 5 heteroatoms. The molecule has 0 spiro atoms. The van der Waals surface area contributed by atoms with Crippen LogP contribution in [-0.2, 0) is 3.48 Å². The summed E-state index contributed by atoms with van der Waals surface area (Å²) >= 11 is 6.76. The lowest BCUT2D eigenvalue weighted by molar-refractivity contribution is 0.612. The van der Waals surface area contributed by atoms with Crippen molar-refractivity contribution in [3.8, 4) is 0 Å². The molecule has 0 N–H and O–H groups in total. The first kappa shape index (κ1) is 9.67. The lowest BCUT2D eigenvalue weighted by Crippen LogP contribution is -2.28. The van der Waals surface area contributed by atoms with E-state index in [-0.39, 0.29) is 0 Å². The van der Waals surface area contributed by atoms with Crippen LogP contribution in [0.3, 0.4) is 0 Å². The second kappa shape index (κ2) is 3.74. The zero-order chi connectivity index (χ0) is 6.78. The van der Waals surface area contributed by atoms with Crippen LogP contribution in [0.2, 0.25) is 19.6 Å². The fourth-order valence-electron chi connectivity index (χ4n) is 0.267. The van der Waals surface area contributed by atoms with Crippen molar-refractivity contribution in [1.29, 1.82) is 0 Å². The Morgan fingerprint density at radius 2 is 1.62 bits per heavy atom. The number of hydrogen-bond acceptors (Lipinski definition) is 1. The highest BCUT2D eigenvalue weighted by Crippen LogP contribution is 2.12. The largest absolute Gasteiger partial charge is 0.642 e. The molecule has 0 aromatic heterocycles. The Labute approximate surface area is 70.0 Å². The molecule has 1 nitrogen and oxygen atoms in total. The van der Waals surface area contributed by atoms with Gasteiger partial charge in [0, 0.05) is 0 Å². The molecule has 0 saturated carbocycles. The Morgan fingerprint density at radius 3 is 1.62 bits per heavy atom. The van der Waals surface area contributed by atoms with Crippen molar-refractivity contribution in [2.45, 2.75) is 19.6 Å². The molecular formula is C3H9AlBr2OSi. The Hall–Kier alpha value is 1.67. The molecule has 0 heterocycles. The summed E-state index contributed by atoms with van der Waals surface area (Å²) in [4.78, 5) is 0. The number of hydrogen-bond donors (Lipinski definition) is 0. The minimum atomic E-state index is -1.25.